The van der Waals surface area contributed by atoms with E-state index in [1.165, 1.54) is 30.0 Å². The average molecular weight is 566 g/mol. The zero-order valence-electron chi connectivity index (χ0n) is 20.8. The van der Waals surface area contributed by atoms with Crippen LogP contribution in [0.3, 0.4) is 0 Å². The van der Waals surface area contributed by atoms with Crippen LogP contribution in [-0.4, -0.2) is 47.7 Å². The number of aliphatic imine (C=N–C) groups is 1. The lowest BCUT2D eigenvalue weighted by molar-refractivity contribution is -0.123. The summed E-state index contributed by atoms with van der Waals surface area (Å²) < 4.78 is 25.0. The highest BCUT2D eigenvalue weighted by atomic mass is 35.5. The van der Waals surface area contributed by atoms with Gasteiger partial charge in [0.2, 0.25) is 0 Å². The highest BCUT2D eigenvalue weighted by Gasteiger charge is 2.36. The minimum Gasteiger partial charge on any atom is -0.482 e. The number of nitrogens with zero attached hydrogens (tertiary/aromatic N) is 2. The molecule has 2 heterocycles. The van der Waals surface area contributed by atoms with Gasteiger partial charge in [-0.3, -0.25) is 14.5 Å². The fraction of sp³-hybridized carbons (Fsp3) is 0.207. The molecule has 2 saturated heterocycles. The summed E-state index contributed by atoms with van der Waals surface area (Å²) in [5.41, 5.74) is 1.52. The van der Waals surface area contributed by atoms with Gasteiger partial charge in [0.15, 0.2) is 11.8 Å². The average Bonchev–Trinajstić information content (AvgIpc) is 3.54. The Hall–Kier alpha value is -3.66. The number of halogens is 2. The summed E-state index contributed by atoms with van der Waals surface area (Å²) in [4.78, 5) is 32.4. The zero-order valence-corrected chi connectivity index (χ0v) is 22.4. The van der Waals surface area contributed by atoms with Gasteiger partial charge in [-0.05, 0) is 72.6 Å². The standard InChI is InChI=1S/C29H25ClFN3O4S/c30-22-15-19(12-13-25(22)38-18-27(35)33-24-11-5-4-10-23(24)31)16-26-28(36)34(17-21-9-6-14-37-21)29(39-26)32-20-7-2-1-3-8-20/h1-5,7-8,10-13,15-16,21H,6,9,14,17-18H2,(H,33,35)/b26-16-,32-29?/t21-/m1/s1. The lowest BCUT2D eigenvalue weighted by Crippen LogP contribution is -2.36. The molecule has 200 valence electrons. The summed E-state index contributed by atoms with van der Waals surface area (Å²) in [6.07, 6.45) is 3.62. The molecule has 2 aliphatic heterocycles. The van der Waals surface area contributed by atoms with Crippen LogP contribution >= 0.6 is 23.4 Å². The number of amides is 2. The van der Waals surface area contributed by atoms with Gasteiger partial charge in [-0.1, -0.05) is 48.0 Å². The van der Waals surface area contributed by atoms with E-state index in [2.05, 4.69) is 5.32 Å². The van der Waals surface area contributed by atoms with Crippen LogP contribution in [0.25, 0.3) is 6.08 Å². The summed E-state index contributed by atoms with van der Waals surface area (Å²) in [5.74, 6) is -0.913. The Kier molecular flexibility index (Phi) is 8.61. The van der Waals surface area contributed by atoms with Crippen molar-refractivity contribution in [2.75, 3.05) is 25.1 Å². The second kappa shape index (κ2) is 12.5. The molecule has 0 radical (unpaired) electrons. The first kappa shape index (κ1) is 26.9. The van der Waals surface area contributed by atoms with Crippen molar-refractivity contribution < 1.29 is 23.5 Å². The van der Waals surface area contributed by atoms with Gasteiger partial charge in [0, 0.05) is 6.61 Å². The molecule has 3 aromatic carbocycles. The van der Waals surface area contributed by atoms with Crippen molar-refractivity contribution in [1.29, 1.82) is 0 Å². The molecule has 2 amide bonds. The molecule has 2 fully saturated rings. The van der Waals surface area contributed by atoms with Gasteiger partial charge in [0.05, 0.1) is 34.0 Å². The molecular weight excluding hydrogens is 541 g/mol. The Morgan fingerprint density at radius 2 is 1.97 bits per heavy atom. The van der Waals surface area contributed by atoms with Crippen molar-refractivity contribution in [2.24, 2.45) is 4.99 Å². The molecule has 10 heteroatoms. The molecule has 3 aromatic rings. The van der Waals surface area contributed by atoms with Gasteiger partial charge >= 0.3 is 0 Å². The van der Waals surface area contributed by atoms with Gasteiger partial charge in [-0.25, -0.2) is 9.38 Å². The van der Waals surface area contributed by atoms with Gasteiger partial charge < -0.3 is 14.8 Å². The maximum atomic E-state index is 13.8. The molecule has 1 N–H and O–H groups in total. The first-order chi connectivity index (χ1) is 19.0. The van der Waals surface area contributed by atoms with Crippen LogP contribution in [0.15, 0.2) is 82.7 Å². The van der Waals surface area contributed by atoms with Crippen molar-refractivity contribution >= 4 is 57.8 Å². The highest BCUT2D eigenvalue weighted by Crippen LogP contribution is 2.36. The van der Waals surface area contributed by atoms with Crippen molar-refractivity contribution in [3.8, 4) is 5.75 Å². The molecule has 2 aliphatic rings. The number of thioether (sulfide) groups is 1. The predicted octanol–water partition coefficient (Wildman–Crippen LogP) is 6.28. The van der Waals surface area contributed by atoms with Gasteiger partial charge in [-0.15, -0.1) is 0 Å². The van der Waals surface area contributed by atoms with Crippen LogP contribution in [0.1, 0.15) is 18.4 Å². The molecule has 0 aromatic heterocycles. The van der Waals surface area contributed by atoms with Crippen LogP contribution in [0.4, 0.5) is 15.8 Å². The molecule has 0 saturated carbocycles. The van der Waals surface area contributed by atoms with Crippen LogP contribution < -0.4 is 10.1 Å². The second-order valence-corrected chi connectivity index (χ2v) is 10.3. The third-order valence-corrected chi connectivity index (χ3v) is 7.34. The van der Waals surface area contributed by atoms with E-state index in [1.54, 1.807) is 35.2 Å². The molecule has 5 rings (SSSR count). The molecule has 1 atom stereocenters. The molecule has 7 nitrogen and oxygen atoms in total. The predicted molar refractivity (Wildman–Crippen MR) is 152 cm³/mol. The lowest BCUT2D eigenvalue weighted by atomic mass is 10.2. The van der Waals surface area contributed by atoms with Crippen molar-refractivity contribution in [2.45, 2.75) is 18.9 Å². The Morgan fingerprint density at radius 1 is 1.18 bits per heavy atom. The van der Waals surface area contributed by atoms with Gasteiger partial charge in [0.25, 0.3) is 11.8 Å². The number of anilines is 1. The summed E-state index contributed by atoms with van der Waals surface area (Å²) in [6.45, 7) is 0.795. The van der Waals surface area contributed by atoms with E-state index in [-0.39, 0.29) is 29.3 Å². The first-order valence-corrected chi connectivity index (χ1v) is 13.6. The number of ether oxygens (including phenoxy) is 2. The number of amidine groups is 1. The Bertz CT molecular complexity index is 1430. The van der Waals surface area contributed by atoms with Crippen LogP contribution in [0.2, 0.25) is 5.02 Å². The Labute approximate surface area is 234 Å². The third kappa shape index (κ3) is 6.86. The lowest BCUT2D eigenvalue weighted by Gasteiger charge is -2.19. The van der Waals surface area contributed by atoms with Crippen molar-refractivity contribution in [1.82, 2.24) is 4.90 Å². The number of carbonyl (C=O) groups excluding carboxylic acids is 2. The van der Waals surface area contributed by atoms with E-state index in [4.69, 9.17) is 26.1 Å². The van der Waals surface area contributed by atoms with Crippen LogP contribution in [-0.2, 0) is 14.3 Å². The summed E-state index contributed by atoms with van der Waals surface area (Å²) in [7, 11) is 0. The monoisotopic (exact) mass is 565 g/mol. The van der Waals surface area contributed by atoms with Crippen molar-refractivity contribution in [3.63, 3.8) is 0 Å². The van der Waals surface area contributed by atoms with E-state index in [9.17, 15) is 14.0 Å². The number of carbonyl (C=O) groups is 2. The van der Waals surface area contributed by atoms with Crippen LogP contribution in [0.5, 0.6) is 5.75 Å². The third-order valence-electron chi connectivity index (χ3n) is 6.04. The maximum absolute atomic E-state index is 13.8. The van der Waals surface area contributed by atoms with E-state index in [0.717, 1.165) is 18.5 Å². The number of nitrogens with one attached hydrogen (secondary N) is 1. The summed E-state index contributed by atoms with van der Waals surface area (Å²) in [6, 6.07) is 20.4. The van der Waals surface area contributed by atoms with Crippen LogP contribution in [0, 0.1) is 5.82 Å². The van der Waals surface area contributed by atoms with Gasteiger partial charge in [0.1, 0.15) is 11.6 Å². The topological polar surface area (TPSA) is 80.2 Å². The van der Waals surface area contributed by atoms with Gasteiger partial charge in [-0.2, -0.15) is 0 Å². The SMILES string of the molecule is O=C(COc1ccc(/C=C2\SC(=Nc3ccccc3)N(C[C@H]3CCCO3)C2=O)cc1Cl)Nc1ccccc1F. The quantitative estimate of drug-likeness (QED) is 0.325. The molecule has 0 spiro atoms. The van der Waals surface area contributed by atoms with E-state index < -0.39 is 11.7 Å². The molecular formula is C29H25ClFN3O4S. The summed E-state index contributed by atoms with van der Waals surface area (Å²) >= 11 is 7.71. The normalized spacial score (nSPS) is 19.2. The Balaban J connectivity index is 1.28. The smallest absolute Gasteiger partial charge is 0.266 e. The fourth-order valence-corrected chi connectivity index (χ4v) is 5.38. The van der Waals surface area contributed by atoms with Crippen molar-refractivity contribution in [3.05, 3.63) is 94.1 Å². The second-order valence-electron chi connectivity index (χ2n) is 8.90. The van der Waals surface area contributed by atoms with E-state index >= 15 is 0 Å². The molecule has 0 unspecified atom stereocenters. The highest BCUT2D eigenvalue weighted by molar-refractivity contribution is 8.18. The molecule has 39 heavy (non-hydrogen) atoms. The fourth-order valence-electron chi connectivity index (χ4n) is 4.12. The summed E-state index contributed by atoms with van der Waals surface area (Å²) in [5, 5.41) is 3.33. The minimum absolute atomic E-state index is 0.0173. The number of benzene rings is 3. The number of rotatable bonds is 8. The maximum Gasteiger partial charge on any atom is 0.266 e. The molecule has 0 aliphatic carbocycles. The largest absolute Gasteiger partial charge is 0.482 e. The number of hydrogen-bond donors (Lipinski definition) is 1. The number of para-hydroxylation sites is 2. The first-order valence-electron chi connectivity index (χ1n) is 12.4. The zero-order chi connectivity index (χ0) is 27.2. The minimum atomic E-state index is -0.535. The molecule has 0 bridgehead atoms. The van der Waals surface area contributed by atoms with E-state index in [0.29, 0.717) is 34.5 Å². The number of hydrogen-bond acceptors (Lipinski definition) is 6. The van der Waals surface area contributed by atoms with E-state index in [1.807, 2.05) is 30.3 Å². The Morgan fingerprint density at radius 3 is 2.72 bits per heavy atom.